The lowest BCUT2D eigenvalue weighted by molar-refractivity contribution is 0.459. The van der Waals surface area contributed by atoms with Crippen molar-refractivity contribution in [2.75, 3.05) is 0 Å². The summed E-state index contributed by atoms with van der Waals surface area (Å²) in [5.41, 5.74) is 0. The molecule has 0 aliphatic carbocycles. The van der Waals surface area contributed by atoms with Crippen LogP contribution in [0.15, 0.2) is 0 Å². The Morgan fingerprint density at radius 2 is 1.78 bits per heavy atom. The summed E-state index contributed by atoms with van der Waals surface area (Å²) in [4.78, 5) is 0. The second-order valence-corrected chi connectivity index (χ2v) is 2.99. The topological polar surface area (TPSA) is 0 Å². The smallest absolute Gasteiger partial charge is 0.0140 e. The van der Waals surface area contributed by atoms with E-state index in [4.69, 9.17) is 0 Å². The summed E-state index contributed by atoms with van der Waals surface area (Å²) in [7, 11) is 0. The van der Waals surface area contributed by atoms with Crippen LogP contribution in [0.2, 0.25) is 0 Å². The zero-order chi connectivity index (χ0) is 7.28. The highest BCUT2D eigenvalue weighted by atomic mass is 14.1. The Hall–Kier alpha value is 0. The van der Waals surface area contributed by atoms with E-state index >= 15 is 0 Å². The molecule has 0 aromatic rings. The molecule has 0 saturated heterocycles. The fourth-order valence-corrected chi connectivity index (χ4v) is 0.608. The van der Waals surface area contributed by atoms with Gasteiger partial charge in [-0.05, 0) is 24.7 Å². The first-order chi connectivity index (χ1) is 4.18. The van der Waals surface area contributed by atoms with E-state index in [9.17, 15) is 0 Å². The van der Waals surface area contributed by atoms with Crippen LogP contribution in [0.4, 0.5) is 0 Å². The molecule has 0 bridgehead atoms. The lowest BCUT2D eigenvalue weighted by atomic mass is 9.93. The van der Waals surface area contributed by atoms with Crippen molar-refractivity contribution in [3.05, 3.63) is 6.42 Å². The van der Waals surface area contributed by atoms with Crippen molar-refractivity contribution in [1.29, 1.82) is 0 Å². The van der Waals surface area contributed by atoms with Crippen LogP contribution in [-0.4, -0.2) is 0 Å². The van der Waals surface area contributed by atoms with Crippen LogP contribution >= 0.6 is 0 Å². The Labute approximate surface area is 59.7 Å². The minimum atomic E-state index is 0.671. The predicted molar refractivity (Wildman–Crippen MR) is 42.2 cm³/mol. The van der Waals surface area contributed by atoms with E-state index in [1.165, 1.54) is 6.42 Å². The van der Waals surface area contributed by atoms with E-state index in [-0.39, 0.29) is 0 Å². The molecule has 0 rings (SSSR count). The Bertz CT molecular complexity index is 55.1. The molecule has 0 nitrogen and oxygen atoms in total. The normalized spacial score (nSPS) is 14.3. The van der Waals surface area contributed by atoms with Crippen LogP contribution in [-0.2, 0) is 0 Å². The van der Waals surface area contributed by atoms with E-state index < -0.39 is 0 Å². The van der Waals surface area contributed by atoms with Crippen molar-refractivity contribution in [3.8, 4) is 0 Å². The molecule has 0 fully saturated rings. The minimum absolute atomic E-state index is 0.671. The molecular weight excluding hydrogens is 108 g/mol. The molecule has 0 N–H and O–H groups in total. The average Bonchev–Trinajstić information content (AvgIpc) is 1.82. The van der Waals surface area contributed by atoms with Crippen LogP contribution in [0.3, 0.4) is 0 Å². The summed E-state index contributed by atoms with van der Waals surface area (Å²) < 4.78 is 0. The van der Waals surface area contributed by atoms with Crippen molar-refractivity contribution >= 4 is 0 Å². The SMILES string of the molecule is CCC[C]C(C)C(C)C. The van der Waals surface area contributed by atoms with Gasteiger partial charge in [-0.1, -0.05) is 34.1 Å². The highest BCUT2D eigenvalue weighted by Crippen LogP contribution is 2.15. The average molecular weight is 126 g/mol. The van der Waals surface area contributed by atoms with E-state index in [1.54, 1.807) is 0 Å². The number of hydrogen-bond acceptors (Lipinski definition) is 0. The van der Waals surface area contributed by atoms with Crippen molar-refractivity contribution in [3.63, 3.8) is 0 Å². The Morgan fingerprint density at radius 1 is 1.22 bits per heavy atom. The molecule has 1 unspecified atom stereocenters. The maximum Gasteiger partial charge on any atom is -0.0140 e. The fraction of sp³-hybridized carbons (Fsp3) is 0.889. The van der Waals surface area contributed by atoms with Crippen molar-refractivity contribution in [2.45, 2.75) is 40.5 Å². The van der Waals surface area contributed by atoms with Gasteiger partial charge >= 0.3 is 0 Å². The van der Waals surface area contributed by atoms with Crippen LogP contribution in [0, 0.1) is 18.3 Å². The molecular formula is C9H18. The molecule has 0 heteroatoms. The summed E-state index contributed by atoms with van der Waals surface area (Å²) in [6.07, 6.45) is 5.82. The van der Waals surface area contributed by atoms with Gasteiger partial charge in [0.2, 0.25) is 0 Å². The number of unbranched alkanes of at least 4 members (excludes halogenated alkanes) is 1. The second kappa shape index (κ2) is 4.84. The number of rotatable bonds is 4. The summed E-state index contributed by atoms with van der Waals surface area (Å²) in [6.45, 7) is 8.92. The van der Waals surface area contributed by atoms with Crippen molar-refractivity contribution in [1.82, 2.24) is 0 Å². The third-order valence-electron chi connectivity index (χ3n) is 1.72. The monoisotopic (exact) mass is 126 g/mol. The summed E-state index contributed by atoms with van der Waals surface area (Å²) in [6, 6.07) is 0. The van der Waals surface area contributed by atoms with Crippen LogP contribution in [0.5, 0.6) is 0 Å². The van der Waals surface area contributed by atoms with Crippen molar-refractivity contribution in [2.24, 2.45) is 11.8 Å². The van der Waals surface area contributed by atoms with Gasteiger partial charge in [-0.3, -0.25) is 0 Å². The summed E-state index contributed by atoms with van der Waals surface area (Å²) >= 11 is 0. The maximum absolute atomic E-state index is 3.43. The van der Waals surface area contributed by atoms with Gasteiger partial charge in [-0.2, -0.15) is 0 Å². The van der Waals surface area contributed by atoms with E-state index in [0.29, 0.717) is 5.92 Å². The molecule has 0 aromatic carbocycles. The first kappa shape index (κ1) is 9.00. The third kappa shape index (κ3) is 4.50. The molecule has 2 radical (unpaired) electrons. The zero-order valence-corrected chi connectivity index (χ0v) is 7.07. The molecule has 0 amide bonds. The van der Waals surface area contributed by atoms with Gasteiger partial charge in [-0.25, -0.2) is 0 Å². The molecule has 54 valence electrons. The predicted octanol–water partition coefficient (Wildman–Crippen LogP) is 3.16. The molecule has 0 aromatic heterocycles. The Balaban J connectivity index is 3.16. The third-order valence-corrected chi connectivity index (χ3v) is 1.72. The van der Waals surface area contributed by atoms with Gasteiger partial charge in [0, 0.05) is 0 Å². The van der Waals surface area contributed by atoms with Crippen LogP contribution in [0.1, 0.15) is 40.5 Å². The lowest BCUT2D eigenvalue weighted by Gasteiger charge is -2.12. The minimum Gasteiger partial charge on any atom is -0.0654 e. The first-order valence-corrected chi connectivity index (χ1v) is 3.91. The van der Waals surface area contributed by atoms with Gasteiger partial charge in [0.15, 0.2) is 0 Å². The standard InChI is InChI=1S/C9H18/c1-5-6-7-9(4)8(2)3/h8-9H,5-6H2,1-4H3. The van der Waals surface area contributed by atoms with Gasteiger partial charge in [-0.15, -0.1) is 0 Å². The molecule has 0 aliphatic heterocycles. The van der Waals surface area contributed by atoms with Crippen molar-refractivity contribution < 1.29 is 0 Å². The van der Waals surface area contributed by atoms with Gasteiger partial charge in [0.05, 0.1) is 0 Å². The molecule has 0 spiro atoms. The van der Waals surface area contributed by atoms with E-state index in [2.05, 4.69) is 34.1 Å². The zero-order valence-electron chi connectivity index (χ0n) is 7.07. The lowest BCUT2D eigenvalue weighted by Crippen LogP contribution is -2.03. The molecule has 0 saturated carbocycles. The first-order valence-electron chi connectivity index (χ1n) is 3.91. The Morgan fingerprint density at radius 3 is 2.11 bits per heavy atom. The highest BCUT2D eigenvalue weighted by molar-refractivity contribution is 4.73. The Kier molecular flexibility index (Phi) is 4.84. The van der Waals surface area contributed by atoms with Crippen LogP contribution in [0.25, 0.3) is 0 Å². The number of hydrogen-bond donors (Lipinski definition) is 0. The molecule has 0 heterocycles. The second-order valence-electron chi connectivity index (χ2n) is 2.99. The summed E-state index contributed by atoms with van der Waals surface area (Å²) in [5.74, 6) is 1.43. The quantitative estimate of drug-likeness (QED) is 0.542. The van der Waals surface area contributed by atoms with Crippen LogP contribution < -0.4 is 0 Å². The maximum atomic E-state index is 3.43. The van der Waals surface area contributed by atoms with E-state index in [0.717, 1.165) is 12.3 Å². The van der Waals surface area contributed by atoms with Gasteiger partial charge < -0.3 is 0 Å². The van der Waals surface area contributed by atoms with Gasteiger partial charge in [0.1, 0.15) is 0 Å². The highest BCUT2D eigenvalue weighted by Gasteiger charge is 2.05. The summed E-state index contributed by atoms with van der Waals surface area (Å²) in [5, 5.41) is 0. The largest absolute Gasteiger partial charge is 0.0654 e. The van der Waals surface area contributed by atoms with E-state index in [1.807, 2.05) is 0 Å². The molecule has 0 aliphatic rings. The molecule has 1 atom stereocenters. The fourth-order valence-electron chi connectivity index (χ4n) is 0.608. The molecule has 9 heavy (non-hydrogen) atoms. The van der Waals surface area contributed by atoms with Gasteiger partial charge in [0.25, 0.3) is 0 Å².